The van der Waals surface area contributed by atoms with Gasteiger partial charge in [0.05, 0.1) is 10.1 Å². The molecule has 48 valence electrons. The number of nitrogens with one attached hydrogen (secondary N) is 2. The second kappa shape index (κ2) is 2.47. The molecule has 1 aliphatic rings. The Bertz CT molecular complexity index is 77.4. The molecule has 1 saturated heterocycles. The molecule has 1 rings (SSSR count). The third kappa shape index (κ3) is 1.12. The van der Waals surface area contributed by atoms with E-state index in [1.54, 1.807) is 0 Å². The Labute approximate surface area is 62.5 Å². The van der Waals surface area contributed by atoms with Gasteiger partial charge in [-0.1, -0.05) is 22.6 Å². The van der Waals surface area contributed by atoms with Crippen LogP contribution >= 0.6 is 22.6 Å². The van der Waals surface area contributed by atoms with Crippen molar-refractivity contribution >= 4 is 22.6 Å². The minimum Gasteiger partial charge on any atom is -0.314 e. The molecule has 3 unspecified atom stereocenters. The summed E-state index contributed by atoms with van der Waals surface area (Å²) >= 11 is 2.33. The molecular weight excluding hydrogens is 217 g/mol. The normalized spacial score (nSPS) is 47.6. The number of halogens is 1. The van der Waals surface area contributed by atoms with Crippen molar-refractivity contribution in [2.75, 3.05) is 0 Å². The highest BCUT2D eigenvalue weighted by Crippen LogP contribution is 2.11. The monoisotopic (exact) mass is 227 g/mol. The third-order valence-electron chi connectivity index (χ3n) is 1.30. The van der Waals surface area contributed by atoms with Crippen LogP contribution in [0.2, 0.25) is 0 Å². The van der Waals surface area contributed by atoms with Crippen molar-refractivity contribution in [1.29, 1.82) is 0 Å². The molecule has 0 amide bonds. The Morgan fingerprint density at radius 2 is 2.12 bits per heavy atom. The first-order valence-corrected chi connectivity index (χ1v) is 3.87. The Morgan fingerprint density at radius 1 is 1.50 bits per heavy atom. The van der Waals surface area contributed by atoms with Crippen molar-refractivity contribution in [3.8, 4) is 0 Å². The fourth-order valence-corrected chi connectivity index (χ4v) is 1.06. The molecule has 1 fully saturated rings. The van der Waals surface area contributed by atoms with Crippen LogP contribution in [0, 0.1) is 0 Å². The van der Waals surface area contributed by atoms with Crippen LogP contribution < -0.4 is 16.6 Å². The van der Waals surface area contributed by atoms with Gasteiger partial charge in [-0.3, -0.25) is 5.43 Å². The highest BCUT2D eigenvalue weighted by Gasteiger charge is 2.26. The first-order valence-electron chi connectivity index (χ1n) is 2.62. The van der Waals surface area contributed by atoms with Gasteiger partial charge >= 0.3 is 0 Å². The molecule has 1 heterocycles. The Hall–Kier alpha value is 0.610. The van der Waals surface area contributed by atoms with E-state index in [0.29, 0.717) is 9.97 Å². The number of rotatable bonds is 0. The third-order valence-corrected chi connectivity index (χ3v) is 3.15. The van der Waals surface area contributed by atoms with Gasteiger partial charge in [-0.15, -0.1) is 0 Å². The minimum absolute atomic E-state index is 0.116. The molecule has 0 aliphatic carbocycles. The number of alkyl halides is 1. The Kier molecular flexibility index (Phi) is 2.07. The summed E-state index contributed by atoms with van der Waals surface area (Å²) in [6.07, 6.45) is 0.116. The number of nitrogens with two attached hydrogens (primary N) is 1. The summed E-state index contributed by atoms with van der Waals surface area (Å²) in [4.78, 5) is 0. The van der Waals surface area contributed by atoms with Gasteiger partial charge in [0.15, 0.2) is 0 Å². The van der Waals surface area contributed by atoms with E-state index >= 15 is 0 Å². The van der Waals surface area contributed by atoms with Gasteiger partial charge in [-0.25, -0.2) is 5.43 Å². The van der Waals surface area contributed by atoms with Crippen molar-refractivity contribution in [3.05, 3.63) is 0 Å². The summed E-state index contributed by atoms with van der Waals surface area (Å²) in [6, 6.07) is 0.491. The topological polar surface area (TPSA) is 50.1 Å². The van der Waals surface area contributed by atoms with E-state index in [0.717, 1.165) is 0 Å². The Morgan fingerprint density at radius 3 is 2.25 bits per heavy atom. The van der Waals surface area contributed by atoms with Gasteiger partial charge in [0.1, 0.15) is 0 Å². The van der Waals surface area contributed by atoms with Crippen molar-refractivity contribution in [1.82, 2.24) is 10.9 Å². The first-order chi connectivity index (χ1) is 3.72. The minimum atomic E-state index is 0.116. The number of hydrogen-bond donors (Lipinski definition) is 3. The quantitative estimate of drug-likeness (QED) is 0.389. The molecule has 3 atom stereocenters. The lowest BCUT2D eigenvalue weighted by atomic mass is 10.2. The smallest absolute Gasteiger partial charge is 0.0814 e. The van der Waals surface area contributed by atoms with Crippen LogP contribution in [0.25, 0.3) is 0 Å². The maximum atomic E-state index is 5.59. The van der Waals surface area contributed by atoms with E-state index in [4.69, 9.17) is 5.73 Å². The summed E-state index contributed by atoms with van der Waals surface area (Å²) in [5.41, 5.74) is 11.6. The highest BCUT2D eigenvalue weighted by atomic mass is 127. The molecule has 0 bridgehead atoms. The van der Waals surface area contributed by atoms with Crippen LogP contribution in [0.4, 0.5) is 0 Å². The van der Waals surface area contributed by atoms with E-state index < -0.39 is 0 Å². The van der Waals surface area contributed by atoms with Gasteiger partial charge in [-0.05, 0) is 6.92 Å². The van der Waals surface area contributed by atoms with Crippen LogP contribution in [0.3, 0.4) is 0 Å². The van der Waals surface area contributed by atoms with E-state index in [1.807, 2.05) is 0 Å². The molecular formula is C4H10IN3. The SMILES string of the molecule is CC1NNC(N)C1I. The highest BCUT2D eigenvalue weighted by molar-refractivity contribution is 14.1. The lowest BCUT2D eigenvalue weighted by molar-refractivity contribution is 0.557. The van der Waals surface area contributed by atoms with Gasteiger partial charge < -0.3 is 5.73 Å². The standard InChI is InChI=1S/C4H10IN3/c1-2-3(5)4(6)8-7-2/h2-4,7-8H,6H2,1H3. The van der Waals surface area contributed by atoms with E-state index in [2.05, 4.69) is 40.4 Å². The molecule has 0 aromatic heterocycles. The maximum absolute atomic E-state index is 5.59. The predicted octanol–water partition coefficient (Wildman–Crippen LogP) is -0.429. The molecule has 3 nitrogen and oxygen atoms in total. The van der Waals surface area contributed by atoms with E-state index in [9.17, 15) is 0 Å². The summed E-state index contributed by atoms with van der Waals surface area (Å²) in [6.45, 7) is 2.11. The molecule has 0 radical (unpaired) electrons. The second-order valence-corrected chi connectivity index (χ2v) is 3.49. The lowest BCUT2D eigenvalue weighted by Crippen LogP contribution is -2.39. The molecule has 0 aromatic carbocycles. The zero-order chi connectivity index (χ0) is 6.15. The van der Waals surface area contributed by atoms with Crippen LogP contribution in [0.15, 0.2) is 0 Å². The molecule has 4 N–H and O–H groups in total. The van der Waals surface area contributed by atoms with Crippen LogP contribution in [0.1, 0.15) is 6.92 Å². The van der Waals surface area contributed by atoms with Gasteiger partial charge in [-0.2, -0.15) is 0 Å². The van der Waals surface area contributed by atoms with Gasteiger partial charge in [0.25, 0.3) is 0 Å². The molecule has 0 saturated carbocycles. The second-order valence-electron chi connectivity index (χ2n) is 2.05. The van der Waals surface area contributed by atoms with Crippen molar-refractivity contribution in [2.45, 2.75) is 23.1 Å². The van der Waals surface area contributed by atoms with Gasteiger partial charge in [0, 0.05) is 6.04 Å². The lowest BCUT2D eigenvalue weighted by Gasteiger charge is -2.06. The van der Waals surface area contributed by atoms with Crippen molar-refractivity contribution < 1.29 is 0 Å². The van der Waals surface area contributed by atoms with Crippen LogP contribution in [0.5, 0.6) is 0 Å². The summed E-state index contributed by atoms with van der Waals surface area (Å²) in [7, 11) is 0. The molecule has 0 aromatic rings. The predicted molar refractivity (Wildman–Crippen MR) is 41.5 cm³/mol. The summed E-state index contributed by atoms with van der Waals surface area (Å²) in [5.74, 6) is 0. The maximum Gasteiger partial charge on any atom is 0.0814 e. The first kappa shape index (κ1) is 6.73. The number of hydrazine groups is 1. The van der Waals surface area contributed by atoms with Crippen LogP contribution in [-0.4, -0.2) is 16.1 Å². The van der Waals surface area contributed by atoms with Gasteiger partial charge in [0.2, 0.25) is 0 Å². The summed E-state index contributed by atoms with van der Waals surface area (Å²) < 4.78 is 0.507. The average molecular weight is 227 g/mol. The van der Waals surface area contributed by atoms with Crippen molar-refractivity contribution in [3.63, 3.8) is 0 Å². The molecule has 0 spiro atoms. The summed E-state index contributed by atoms with van der Waals surface area (Å²) in [5, 5.41) is 0. The number of hydrogen-bond acceptors (Lipinski definition) is 3. The largest absolute Gasteiger partial charge is 0.314 e. The van der Waals surface area contributed by atoms with E-state index in [1.165, 1.54) is 0 Å². The zero-order valence-corrected chi connectivity index (χ0v) is 6.84. The van der Waals surface area contributed by atoms with Crippen molar-refractivity contribution in [2.24, 2.45) is 5.73 Å². The molecule has 8 heavy (non-hydrogen) atoms. The van der Waals surface area contributed by atoms with E-state index in [-0.39, 0.29) is 6.17 Å². The zero-order valence-electron chi connectivity index (χ0n) is 4.69. The van der Waals surface area contributed by atoms with Crippen LogP contribution in [-0.2, 0) is 0 Å². The Balaban J connectivity index is 2.44. The molecule has 1 aliphatic heterocycles. The average Bonchev–Trinajstić information content (AvgIpc) is 1.98. The fourth-order valence-electron chi connectivity index (χ4n) is 0.698. The molecule has 4 heteroatoms. The fraction of sp³-hybridized carbons (Fsp3) is 1.00.